The standard InChI is InChI=1S/C14H17N3O2/c1-8(2)10-6-9(4-5-12(10)19-3)11-7-13(15)17-14(18)16-11/h4-8H,1-3H3,(H3,15,16,17,18). The number of nitrogens with two attached hydrogens (primary N) is 1. The van der Waals surface area contributed by atoms with Crippen molar-refractivity contribution in [2.75, 3.05) is 12.8 Å². The molecule has 0 aliphatic rings. The molecule has 0 saturated carbocycles. The van der Waals surface area contributed by atoms with Gasteiger partial charge in [-0.2, -0.15) is 4.98 Å². The Morgan fingerprint density at radius 2 is 2.05 bits per heavy atom. The van der Waals surface area contributed by atoms with Crippen molar-refractivity contribution in [2.24, 2.45) is 0 Å². The summed E-state index contributed by atoms with van der Waals surface area (Å²) in [6.07, 6.45) is 0. The van der Waals surface area contributed by atoms with Gasteiger partial charge in [-0.05, 0) is 35.2 Å². The van der Waals surface area contributed by atoms with E-state index >= 15 is 0 Å². The van der Waals surface area contributed by atoms with Crippen LogP contribution in [0.3, 0.4) is 0 Å². The summed E-state index contributed by atoms with van der Waals surface area (Å²) in [7, 11) is 1.65. The van der Waals surface area contributed by atoms with Crippen LogP contribution in [0.1, 0.15) is 25.3 Å². The van der Waals surface area contributed by atoms with Gasteiger partial charge in [-0.15, -0.1) is 0 Å². The minimum absolute atomic E-state index is 0.209. The van der Waals surface area contributed by atoms with Gasteiger partial charge in [-0.1, -0.05) is 13.8 Å². The van der Waals surface area contributed by atoms with Gasteiger partial charge in [0.15, 0.2) is 0 Å². The van der Waals surface area contributed by atoms with Crippen LogP contribution in [0.5, 0.6) is 5.75 Å². The lowest BCUT2D eigenvalue weighted by molar-refractivity contribution is 0.407. The molecule has 0 amide bonds. The van der Waals surface area contributed by atoms with Gasteiger partial charge in [-0.25, -0.2) is 4.79 Å². The number of methoxy groups -OCH3 is 1. The van der Waals surface area contributed by atoms with Crippen LogP contribution >= 0.6 is 0 Å². The Morgan fingerprint density at radius 3 is 2.63 bits per heavy atom. The Labute approximate surface area is 111 Å². The third-order valence-electron chi connectivity index (χ3n) is 2.93. The second-order valence-corrected chi connectivity index (χ2v) is 4.64. The number of hydrogen-bond acceptors (Lipinski definition) is 4. The monoisotopic (exact) mass is 259 g/mol. The molecule has 1 heterocycles. The number of anilines is 1. The Balaban J connectivity index is 2.57. The molecule has 100 valence electrons. The molecule has 1 aromatic carbocycles. The molecule has 1 aromatic heterocycles. The number of nitrogens with zero attached hydrogens (tertiary/aromatic N) is 1. The fraction of sp³-hybridized carbons (Fsp3) is 0.286. The van der Waals surface area contributed by atoms with E-state index in [2.05, 4.69) is 23.8 Å². The fourth-order valence-corrected chi connectivity index (χ4v) is 1.99. The van der Waals surface area contributed by atoms with Crippen LogP contribution in [0.4, 0.5) is 5.82 Å². The molecule has 0 aliphatic carbocycles. The summed E-state index contributed by atoms with van der Waals surface area (Å²) < 4.78 is 5.34. The summed E-state index contributed by atoms with van der Waals surface area (Å²) in [6.45, 7) is 4.18. The van der Waals surface area contributed by atoms with E-state index < -0.39 is 5.69 Å². The van der Waals surface area contributed by atoms with Gasteiger partial charge in [0.05, 0.1) is 12.8 Å². The number of hydrogen-bond donors (Lipinski definition) is 2. The first-order chi connectivity index (χ1) is 9.01. The number of ether oxygens (including phenoxy) is 1. The van der Waals surface area contributed by atoms with E-state index in [0.717, 1.165) is 16.9 Å². The third kappa shape index (κ3) is 2.76. The largest absolute Gasteiger partial charge is 0.496 e. The second-order valence-electron chi connectivity index (χ2n) is 4.64. The predicted octanol–water partition coefficient (Wildman–Crippen LogP) is 2.15. The molecular weight excluding hydrogens is 242 g/mol. The Morgan fingerprint density at radius 1 is 1.32 bits per heavy atom. The number of benzene rings is 1. The number of rotatable bonds is 3. The van der Waals surface area contributed by atoms with Crippen molar-refractivity contribution >= 4 is 5.82 Å². The number of aromatic amines is 1. The highest BCUT2D eigenvalue weighted by Crippen LogP contribution is 2.30. The first-order valence-electron chi connectivity index (χ1n) is 6.06. The summed E-state index contributed by atoms with van der Waals surface area (Å²) in [5.41, 5.74) is 7.77. The minimum Gasteiger partial charge on any atom is -0.496 e. The first-order valence-corrected chi connectivity index (χ1v) is 6.06. The van der Waals surface area contributed by atoms with Gasteiger partial charge in [0.25, 0.3) is 0 Å². The minimum atomic E-state index is -0.447. The molecular formula is C14H17N3O2. The molecule has 0 radical (unpaired) electrons. The van der Waals surface area contributed by atoms with E-state index in [1.807, 2.05) is 18.2 Å². The van der Waals surface area contributed by atoms with Crippen molar-refractivity contribution in [2.45, 2.75) is 19.8 Å². The van der Waals surface area contributed by atoms with Crippen molar-refractivity contribution in [1.29, 1.82) is 0 Å². The van der Waals surface area contributed by atoms with Crippen molar-refractivity contribution < 1.29 is 4.74 Å². The smallest absolute Gasteiger partial charge is 0.347 e. The van der Waals surface area contributed by atoms with Gasteiger partial charge in [-0.3, -0.25) is 0 Å². The van der Waals surface area contributed by atoms with E-state index in [0.29, 0.717) is 11.6 Å². The summed E-state index contributed by atoms with van der Waals surface area (Å²) in [5.74, 6) is 1.37. The van der Waals surface area contributed by atoms with E-state index in [1.54, 1.807) is 13.2 Å². The molecule has 5 nitrogen and oxygen atoms in total. The molecule has 0 aliphatic heterocycles. The molecule has 5 heteroatoms. The van der Waals surface area contributed by atoms with Gasteiger partial charge < -0.3 is 15.5 Å². The lowest BCUT2D eigenvalue weighted by atomic mass is 9.98. The predicted molar refractivity (Wildman–Crippen MR) is 75.3 cm³/mol. The highest BCUT2D eigenvalue weighted by Gasteiger charge is 2.10. The molecule has 0 unspecified atom stereocenters. The quantitative estimate of drug-likeness (QED) is 0.885. The van der Waals surface area contributed by atoms with E-state index in [9.17, 15) is 4.79 Å². The zero-order chi connectivity index (χ0) is 14.0. The van der Waals surface area contributed by atoms with E-state index in [4.69, 9.17) is 10.5 Å². The van der Waals surface area contributed by atoms with E-state index in [1.165, 1.54) is 0 Å². The summed E-state index contributed by atoms with van der Waals surface area (Å²) >= 11 is 0. The Hall–Kier alpha value is -2.30. The molecule has 2 rings (SSSR count). The number of H-pyrrole nitrogens is 1. The van der Waals surface area contributed by atoms with Gasteiger partial charge in [0.2, 0.25) is 0 Å². The topological polar surface area (TPSA) is 81.0 Å². The zero-order valence-corrected chi connectivity index (χ0v) is 11.2. The SMILES string of the molecule is COc1ccc(-c2cc(N)nc(=O)[nH]2)cc1C(C)C. The van der Waals surface area contributed by atoms with Crippen molar-refractivity contribution in [1.82, 2.24) is 9.97 Å². The maximum atomic E-state index is 11.4. The van der Waals surface area contributed by atoms with Crippen LogP contribution in [0.15, 0.2) is 29.1 Å². The van der Waals surface area contributed by atoms with Crippen LogP contribution in [-0.4, -0.2) is 17.1 Å². The van der Waals surface area contributed by atoms with Crippen LogP contribution in [-0.2, 0) is 0 Å². The summed E-state index contributed by atoms with van der Waals surface area (Å²) in [5, 5.41) is 0. The highest BCUT2D eigenvalue weighted by atomic mass is 16.5. The Kier molecular flexibility index (Phi) is 3.55. The van der Waals surface area contributed by atoms with Crippen LogP contribution < -0.4 is 16.2 Å². The van der Waals surface area contributed by atoms with Crippen LogP contribution in [0.25, 0.3) is 11.3 Å². The van der Waals surface area contributed by atoms with Crippen molar-refractivity contribution in [3.05, 3.63) is 40.3 Å². The zero-order valence-electron chi connectivity index (χ0n) is 11.2. The molecule has 0 bridgehead atoms. The average Bonchev–Trinajstić information content (AvgIpc) is 2.36. The first kappa shape index (κ1) is 13.1. The maximum Gasteiger partial charge on any atom is 0.347 e. The fourth-order valence-electron chi connectivity index (χ4n) is 1.99. The highest BCUT2D eigenvalue weighted by molar-refractivity contribution is 5.64. The van der Waals surface area contributed by atoms with E-state index in [-0.39, 0.29) is 5.82 Å². The normalized spacial score (nSPS) is 10.7. The lowest BCUT2D eigenvalue weighted by Gasteiger charge is -2.13. The lowest BCUT2D eigenvalue weighted by Crippen LogP contribution is -2.13. The second kappa shape index (κ2) is 5.14. The van der Waals surface area contributed by atoms with Gasteiger partial charge >= 0.3 is 5.69 Å². The maximum absolute atomic E-state index is 11.4. The summed E-state index contributed by atoms with van der Waals surface area (Å²) in [4.78, 5) is 17.6. The molecule has 0 spiro atoms. The molecule has 0 saturated heterocycles. The van der Waals surface area contributed by atoms with Crippen LogP contribution in [0.2, 0.25) is 0 Å². The molecule has 19 heavy (non-hydrogen) atoms. The molecule has 0 fully saturated rings. The number of nitrogens with one attached hydrogen (secondary N) is 1. The summed E-state index contributed by atoms with van der Waals surface area (Å²) in [6, 6.07) is 7.41. The van der Waals surface area contributed by atoms with Gasteiger partial charge in [0, 0.05) is 6.07 Å². The van der Waals surface area contributed by atoms with Crippen molar-refractivity contribution in [3.63, 3.8) is 0 Å². The molecule has 0 atom stereocenters. The van der Waals surface area contributed by atoms with Crippen molar-refractivity contribution in [3.8, 4) is 17.0 Å². The number of aromatic nitrogens is 2. The average molecular weight is 259 g/mol. The molecule has 3 N–H and O–H groups in total. The van der Waals surface area contributed by atoms with Gasteiger partial charge in [0.1, 0.15) is 11.6 Å². The molecule has 2 aromatic rings. The third-order valence-corrected chi connectivity index (χ3v) is 2.93. The Bertz CT molecular complexity index is 647. The number of nitrogen functional groups attached to an aromatic ring is 1. The van der Waals surface area contributed by atoms with Crippen LogP contribution in [0, 0.1) is 0 Å².